The second-order valence-corrected chi connectivity index (χ2v) is 4.50. The monoisotopic (exact) mass is 292 g/mol. The third kappa shape index (κ3) is 3.81. The van der Waals surface area contributed by atoms with Crippen molar-refractivity contribution >= 4 is 34.8 Å². The minimum atomic E-state index is -0.165. The highest BCUT2D eigenvalue weighted by Gasteiger charge is 2.04. The molecule has 0 radical (unpaired) electrons. The molecule has 0 amide bonds. The van der Waals surface area contributed by atoms with Gasteiger partial charge in [-0.1, -0.05) is 29.3 Å². The Kier molecular flexibility index (Phi) is 4.55. The number of nitrogens with zero attached hydrogens (tertiary/aromatic N) is 1. The summed E-state index contributed by atoms with van der Waals surface area (Å²) in [6.07, 6.45) is 4.61. The lowest BCUT2D eigenvalue weighted by molar-refractivity contribution is 0.104. The number of carbonyl (C=O) groups is 1. The fraction of sp³-hybridized carbons (Fsp3) is 0. The molecule has 1 heterocycles. The first-order chi connectivity index (χ1) is 9.16. The van der Waals surface area contributed by atoms with Crippen LogP contribution in [0.5, 0.6) is 0 Å². The lowest BCUT2D eigenvalue weighted by Crippen LogP contribution is -1.97. The molecule has 1 N–H and O–H groups in total. The molecule has 1 aromatic heterocycles. The number of hydrogen-bond donors (Lipinski definition) is 1. The third-order valence-electron chi connectivity index (χ3n) is 2.33. The Bertz CT molecular complexity index is 612. The zero-order chi connectivity index (χ0) is 13.7. The lowest BCUT2D eigenvalue weighted by Gasteiger charge is -2.00. The molecular formula is C14H10Cl2N2O. The highest BCUT2D eigenvalue weighted by Crippen LogP contribution is 2.22. The van der Waals surface area contributed by atoms with Crippen LogP contribution in [0.1, 0.15) is 10.4 Å². The maximum Gasteiger partial charge on any atom is 0.187 e. The van der Waals surface area contributed by atoms with Crippen LogP contribution in [0.3, 0.4) is 0 Å². The average Bonchev–Trinajstić information content (AvgIpc) is 2.43. The van der Waals surface area contributed by atoms with E-state index in [2.05, 4.69) is 10.3 Å². The quantitative estimate of drug-likeness (QED) is 0.678. The summed E-state index contributed by atoms with van der Waals surface area (Å²) in [7, 11) is 0. The molecule has 0 atom stereocenters. The fourth-order valence-corrected chi connectivity index (χ4v) is 1.69. The van der Waals surface area contributed by atoms with E-state index in [0.29, 0.717) is 21.4 Å². The van der Waals surface area contributed by atoms with Crippen molar-refractivity contribution < 1.29 is 4.79 Å². The van der Waals surface area contributed by atoms with Crippen LogP contribution in [0, 0.1) is 0 Å². The molecule has 0 unspecified atom stereocenters. The molecular weight excluding hydrogens is 283 g/mol. The smallest absolute Gasteiger partial charge is 0.187 e. The second kappa shape index (κ2) is 6.36. The number of halogens is 2. The van der Waals surface area contributed by atoms with Gasteiger partial charge in [0.25, 0.3) is 0 Å². The van der Waals surface area contributed by atoms with E-state index in [1.807, 2.05) is 12.1 Å². The summed E-state index contributed by atoms with van der Waals surface area (Å²) in [5, 5.41) is 3.68. The predicted molar refractivity (Wildman–Crippen MR) is 77.8 cm³/mol. The van der Waals surface area contributed by atoms with Gasteiger partial charge in [0.2, 0.25) is 0 Å². The van der Waals surface area contributed by atoms with Crippen molar-refractivity contribution in [1.29, 1.82) is 0 Å². The molecule has 0 aliphatic rings. The zero-order valence-corrected chi connectivity index (χ0v) is 11.3. The molecule has 0 fully saturated rings. The number of nitrogens with one attached hydrogen (secondary N) is 1. The Balaban J connectivity index is 2.02. The summed E-state index contributed by atoms with van der Waals surface area (Å²) in [6.45, 7) is 0. The predicted octanol–water partition coefficient (Wildman–Crippen LogP) is 4.20. The van der Waals surface area contributed by atoms with Gasteiger partial charge in [-0.3, -0.25) is 4.79 Å². The van der Waals surface area contributed by atoms with Gasteiger partial charge in [0, 0.05) is 24.0 Å². The van der Waals surface area contributed by atoms with Gasteiger partial charge in [-0.05, 0) is 30.3 Å². The van der Waals surface area contributed by atoms with Crippen molar-refractivity contribution in [2.24, 2.45) is 0 Å². The number of pyridine rings is 1. The van der Waals surface area contributed by atoms with Crippen molar-refractivity contribution in [1.82, 2.24) is 4.98 Å². The van der Waals surface area contributed by atoms with E-state index in [9.17, 15) is 4.79 Å². The van der Waals surface area contributed by atoms with Crippen LogP contribution in [0.25, 0.3) is 0 Å². The standard InChI is InChI=1S/C14H10Cl2N2O/c15-11-5-4-10(9-12(11)16)13(19)6-8-18-14-3-1-2-7-17-14/h1-9H,(H,17,18). The Morgan fingerprint density at radius 3 is 2.68 bits per heavy atom. The van der Waals surface area contributed by atoms with Crippen molar-refractivity contribution in [2.75, 3.05) is 5.32 Å². The highest BCUT2D eigenvalue weighted by molar-refractivity contribution is 6.42. The largest absolute Gasteiger partial charge is 0.347 e. The number of ketones is 1. The second-order valence-electron chi connectivity index (χ2n) is 3.69. The molecule has 96 valence electrons. The van der Waals surface area contributed by atoms with Gasteiger partial charge in [-0.2, -0.15) is 0 Å². The Hall–Kier alpha value is -1.84. The Morgan fingerprint density at radius 2 is 2.00 bits per heavy atom. The Morgan fingerprint density at radius 1 is 1.16 bits per heavy atom. The van der Waals surface area contributed by atoms with Gasteiger partial charge in [-0.25, -0.2) is 4.98 Å². The first kappa shape index (κ1) is 13.6. The van der Waals surface area contributed by atoms with E-state index in [-0.39, 0.29) is 5.78 Å². The maximum absolute atomic E-state index is 11.8. The number of carbonyl (C=O) groups excluding carboxylic acids is 1. The van der Waals surface area contributed by atoms with E-state index in [1.165, 1.54) is 18.3 Å². The van der Waals surface area contributed by atoms with E-state index in [0.717, 1.165) is 0 Å². The van der Waals surface area contributed by atoms with E-state index < -0.39 is 0 Å². The molecule has 0 saturated heterocycles. The molecule has 0 aliphatic heterocycles. The minimum absolute atomic E-state index is 0.165. The molecule has 2 rings (SSSR count). The number of aromatic nitrogens is 1. The van der Waals surface area contributed by atoms with Crippen molar-refractivity contribution in [2.45, 2.75) is 0 Å². The topological polar surface area (TPSA) is 42.0 Å². The number of hydrogen-bond acceptors (Lipinski definition) is 3. The normalized spacial score (nSPS) is 10.6. The molecule has 0 spiro atoms. The molecule has 0 aliphatic carbocycles. The summed E-state index contributed by atoms with van der Waals surface area (Å²) in [5.41, 5.74) is 0.480. The summed E-state index contributed by atoms with van der Waals surface area (Å²) < 4.78 is 0. The van der Waals surface area contributed by atoms with Crippen LogP contribution in [0.2, 0.25) is 10.0 Å². The lowest BCUT2D eigenvalue weighted by atomic mass is 10.1. The molecule has 3 nitrogen and oxygen atoms in total. The van der Waals surface area contributed by atoms with Crippen LogP contribution in [-0.2, 0) is 0 Å². The van der Waals surface area contributed by atoms with Crippen molar-refractivity contribution in [3.63, 3.8) is 0 Å². The van der Waals surface area contributed by atoms with E-state index in [1.54, 1.807) is 24.4 Å². The molecule has 5 heteroatoms. The summed E-state index contributed by atoms with van der Waals surface area (Å²) in [5.74, 6) is 0.502. The van der Waals surface area contributed by atoms with Crippen LogP contribution in [0.15, 0.2) is 54.9 Å². The van der Waals surface area contributed by atoms with Crippen LogP contribution in [0.4, 0.5) is 5.82 Å². The number of benzene rings is 1. The third-order valence-corrected chi connectivity index (χ3v) is 3.07. The molecule has 0 saturated carbocycles. The van der Waals surface area contributed by atoms with Crippen molar-refractivity contribution in [3.8, 4) is 0 Å². The maximum atomic E-state index is 11.8. The highest BCUT2D eigenvalue weighted by atomic mass is 35.5. The number of allylic oxidation sites excluding steroid dienone is 1. The number of rotatable bonds is 4. The fourth-order valence-electron chi connectivity index (χ4n) is 1.40. The van der Waals surface area contributed by atoms with Crippen molar-refractivity contribution in [3.05, 3.63) is 70.5 Å². The van der Waals surface area contributed by atoms with Crippen LogP contribution >= 0.6 is 23.2 Å². The van der Waals surface area contributed by atoms with Gasteiger partial charge < -0.3 is 5.32 Å². The van der Waals surface area contributed by atoms with E-state index in [4.69, 9.17) is 23.2 Å². The van der Waals surface area contributed by atoms with Crippen LogP contribution in [-0.4, -0.2) is 10.8 Å². The summed E-state index contributed by atoms with van der Waals surface area (Å²) >= 11 is 11.6. The summed E-state index contributed by atoms with van der Waals surface area (Å²) in [4.78, 5) is 15.9. The minimum Gasteiger partial charge on any atom is -0.347 e. The Labute approximate surface area is 120 Å². The average molecular weight is 293 g/mol. The SMILES string of the molecule is O=C(C=CNc1ccccn1)c1ccc(Cl)c(Cl)c1. The zero-order valence-electron chi connectivity index (χ0n) is 9.81. The van der Waals surface area contributed by atoms with Gasteiger partial charge >= 0.3 is 0 Å². The first-order valence-corrected chi connectivity index (χ1v) is 6.26. The van der Waals surface area contributed by atoms with Crippen LogP contribution < -0.4 is 5.32 Å². The molecule has 2 aromatic rings. The summed E-state index contributed by atoms with van der Waals surface area (Å²) in [6, 6.07) is 10.2. The van der Waals surface area contributed by atoms with Gasteiger partial charge in [-0.15, -0.1) is 0 Å². The molecule has 19 heavy (non-hydrogen) atoms. The van der Waals surface area contributed by atoms with Gasteiger partial charge in [0.1, 0.15) is 5.82 Å². The number of anilines is 1. The van der Waals surface area contributed by atoms with Gasteiger partial charge in [0.05, 0.1) is 10.0 Å². The van der Waals surface area contributed by atoms with E-state index >= 15 is 0 Å². The molecule has 1 aromatic carbocycles. The van der Waals surface area contributed by atoms with Gasteiger partial charge in [0.15, 0.2) is 5.78 Å². The first-order valence-electron chi connectivity index (χ1n) is 5.50. The molecule has 0 bridgehead atoms.